The van der Waals surface area contributed by atoms with Gasteiger partial charge in [0.1, 0.15) is 11.6 Å². The minimum atomic E-state index is -0.444. The summed E-state index contributed by atoms with van der Waals surface area (Å²) < 4.78 is 27.6. The maximum Gasteiger partial charge on any atom is 0.128 e. The number of halogens is 3. The maximum atomic E-state index is 14.1. The van der Waals surface area contributed by atoms with Crippen molar-refractivity contribution in [3.05, 3.63) is 69.7 Å². The van der Waals surface area contributed by atoms with Crippen LogP contribution in [0.4, 0.5) is 8.78 Å². The van der Waals surface area contributed by atoms with Gasteiger partial charge >= 0.3 is 0 Å². The van der Waals surface area contributed by atoms with Crippen molar-refractivity contribution in [2.45, 2.75) is 26.3 Å². The highest BCUT2D eigenvalue weighted by atomic mass is 35.5. The molecule has 112 valence electrons. The van der Waals surface area contributed by atoms with Gasteiger partial charge in [0.15, 0.2) is 0 Å². The van der Waals surface area contributed by atoms with E-state index in [0.29, 0.717) is 17.1 Å². The largest absolute Gasteiger partial charge is 0.306 e. The highest BCUT2D eigenvalue weighted by Gasteiger charge is 2.18. The highest BCUT2D eigenvalue weighted by Crippen LogP contribution is 2.28. The molecule has 0 aliphatic heterocycles. The van der Waals surface area contributed by atoms with Crippen LogP contribution in [0.15, 0.2) is 36.4 Å². The van der Waals surface area contributed by atoms with Crippen LogP contribution in [0.2, 0.25) is 5.02 Å². The monoisotopic (exact) mass is 309 g/mol. The molecular formula is C17H18ClF2N. The molecule has 0 aliphatic carbocycles. The van der Waals surface area contributed by atoms with E-state index in [2.05, 4.69) is 5.32 Å². The summed E-state index contributed by atoms with van der Waals surface area (Å²) in [5.74, 6) is -0.863. The zero-order valence-electron chi connectivity index (χ0n) is 12.1. The van der Waals surface area contributed by atoms with E-state index in [1.54, 1.807) is 6.07 Å². The first-order valence-corrected chi connectivity index (χ1v) is 7.35. The Morgan fingerprint density at radius 2 is 1.90 bits per heavy atom. The van der Waals surface area contributed by atoms with Crippen LogP contribution in [-0.4, -0.2) is 6.54 Å². The van der Waals surface area contributed by atoms with E-state index in [1.807, 2.05) is 26.0 Å². The molecular weight excluding hydrogens is 292 g/mol. The van der Waals surface area contributed by atoms with Crippen molar-refractivity contribution in [3.63, 3.8) is 0 Å². The second kappa shape index (κ2) is 7.01. The van der Waals surface area contributed by atoms with Gasteiger partial charge in [-0.15, -0.1) is 0 Å². The highest BCUT2D eigenvalue weighted by molar-refractivity contribution is 6.31. The van der Waals surface area contributed by atoms with Crippen LogP contribution in [0, 0.1) is 18.6 Å². The first-order valence-electron chi connectivity index (χ1n) is 6.97. The van der Waals surface area contributed by atoms with Crippen molar-refractivity contribution in [3.8, 4) is 0 Å². The van der Waals surface area contributed by atoms with Crippen molar-refractivity contribution in [1.82, 2.24) is 5.32 Å². The van der Waals surface area contributed by atoms with E-state index < -0.39 is 17.7 Å². The third-order valence-electron chi connectivity index (χ3n) is 3.38. The smallest absolute Gasteiger partial charge is 0.128 e. The molecule has 2 aromatic carbocycles. The van der Waals surface area contributed by atoms with Crippen molar-refractivity contribution in [2.75, 3.05) is 6.54 Å². The molecule has 0 radical (unpaired) electrons. The van der Waals surface area contributed by atoms with Gasteiger partial charge in [-0.3, -0.25) is 0 Å². The normalized spacial score (nSPS) is 12.4. The molecule has 0 amide bonds. The fourth-order valence-corrected chi connectivity index (χ4v) is 2.40. The lowest BCUT2D eigenvalue weighted by molar-refractivity contribution is 0.535. The van der Waals surface area contributed by atoms with Crippen molar-refractivity contribution in [1.29, 1.82) is 0 Å². The fraction of sp³-hybridized carbons (Fsp3) is 0.294. The minimum absolute atomic E-state index is 0.310. The Kier molecular flexibility index (Phi) is 5.32. The van der Waals surface area contributed by atoms with Crippen molar-refractivity contribution < 1.29 is 8.78 Å². The van der Waals surface area contributed by atoms with E-state index in [-0.39, 0.29) is 0 Å². The minimum Gasteiger partial charge on any atom is -0.306 e. The summed E-state index contributed by atoms with van der Waals surface area (Å²) in [7, 11) is 0. The molecule has 2 rings (SSSR count). The fourth-order valence-electron chi connectivity index (χ4n) is 2.28. The Bertz CT molecular complexity index is 628. The summed E-state index contributed by atoms with van der Waals surface area (Å²) in [6, 6.07) is 8.66. The first kappa shape index (κ1) is 15.9. The number of hydrogen-bond acceptors (Lipinski definition) is 1. The molecule has 0 aromatic heterocycles. The molecule has 1 unspecified atom stereocenters. The second-order valence-corrected chi connectivity index (χ2v) is 5.47. The lowest BCUT2D eigenvalue weighted by atomic mass is 9.96. The van der Waals surface area contributed by atoms with Crippen LogP contribution in [0.3, 0.4) is 0 Å². The average Bonchev–Trinajstić information content (AvgIpc) is 2.46. The SMILES string of the molecule is CCCNC(c1ccc(Cl)c(C)c1)c1cc(F)ccc1F. The summed E-state index contributed by atoms with van der Waals surface area (Å²) in [6.07, 6.45) is 0.903. The van der Waals surface area contributed by atoms with Crippen LogP contribution in [0.25, 0.3) is 0 Å². The quantitative estimate of drug-likeness (QED) is 0.818. The molecule has 0 heterocycles. The van der Waals surface area contributed by atoms with Crippen LogP contribution in [0.1, 0.15) is 36.1 Å². The number of aryl methyl sites for hydroxylation is 1. The maximum absolute atomic E-state index is 14.1. The predicted octanol–water partition coefficient (Wildman–Crippen LogP) is 5.02. The summed E-state index contributed by atoms with van der Waals surface area (Å²) in [4.78, 5) is 0. The molecule has 0 saturated carbocycles. The number of benzene rings is 2. The second-order valence-electron chi connectivity index (χ2n) is 5.06. The van der Waals surface area contributed by atoms with Crippen molar-refractivity contribution >= 4 is 11.6 Å². The van der Waals surface area contributed by atoms with Gasteiger partial charge in [-0.2, -0.15) is 0 Å². The Balaban J connectivity index is 2.46. The van der Waals surface area contributed by atoms with E-state index in [1.165, 1.54) is 6.07 Å². The van der Waals surface area contributed by atoms with E-state index >= 15 is 0 Å². The molecule has 2 aromatic rings. The van der Waals surface area contributed by atoms with Gasteiger partial charge in [-0.1, -0.05) is 30.7 Å². The zero-order chi connectivity index (χ0) is 15.4. The van der Waals surface area contributed by atoms with Crippen molar-refractivity contribution in [2.24, 2.45) is 0 Å². The molecule has 4 heteroatoms. The molecule has 0 fully saturated rings. The number of nitrogens with one attached hydrogen (secondary N) is 1. The topological polar surface area (TPSA) is 12.0 Å². The van der Waals surface area contributed by atoms with Gasteiger partial charge in [0.05, 0.1) is 6.04 Å². The predicted molar refractivity (Wildman–Crippen MR) is 82.7 cm³/mol. The van der Waals surface area contributed by atoms with Crippen LogP contribution in [-0.2, 0) is 0 Å². The summed E-state index contributed by atoms with van der Waals surface area (Å²) in [6.45, 7) is 4.63. The van der Waals surface area contributed by atoms with Crippen LogP contribution in [0.5, 0.6) is 0 Å². The van der Waals surface area contributed by atoms with Crippen LogP contribution < -0.4 is 5.32 Å². The van der Waals surface area contributed by atoms with E-state index in [9.17, 15) is 8.78 Å². The molecule has 21 heavy (non-hydrogen) atoms. The Labute approximate surface area is 128 Å². The number of hydrogen-bond donors (Lipinski definition) is 1. The summed E-state index contributed by atoms with van der Waals surface area (Å²) in [5, 5.41) is 3.93. The number of rotatable bonds is 5. The molecule has 1 N–H and O–H groups in total. The van der Waals surface area contributed by atoms with Gasteiger partial charge < -0.3 is 5.32 Å². The van der Waals surface area contributed by atoms with E-state index in [0.717, 1.165) is 29.7 Å². The lowest BCUT2D eigenvalue weighted by Crippen LogP contribution is -2.24. The summed E-state index contributed by atoms with van der Waals surface area (Å²) in [5.41, 5.74) is 2.09. The molecule has 0 saturated heterocycles. The van der Waals surface area contributed by atoms with Gasteiger partial charge in [0.2, 0.25) is 0 Å². The van der Waals surface area contributed by atoms with Gasteiger partial charge in [-0.25, -0.2) is 8.78 Å². The van der Waals surface area contributed by atoms with Gasteiger partial charge in [-0.05, 0) is 55.3 Å². The Morgan fingerprint density at radius 3 is 2.57 bits per heavy atom. The Morgan fingerprint density at radius 1 is 1.14 bits per heavy atom. The molecule has 0 spiro atoms. The molecule has 1 atom stereocenters. The summed E-state index contributed by atoms with van der Waals surface area (Å²) >= 11 is 6.04. The lowest BCUT2D eigenvalue weighted by Gasteiger charge is -2.21. The van der Waals surface area contributed by atoms with Gasteiger partial charge in [0, 0.05) is 10.6 Å². The molecule has 1 nitrogen and oxygen atoms in total. The standard InChI is InChI=1S/C17H18ClF2N/c1-3-8-21-17(12-4-6-15(18)11(2)9-12)14-10-13(19)5-7-16(14)20/h4-7,9-10,17,21H,3,8H2,1-2H3. The first-order chi connectivity index (χ1) is 10.0. The zero-order valence-corrected chi connectivity index (χ0v) is 12.8. The third kappa shape index (κ3) is 3.80. The van der Waals surface area contributed by atoms with E-state index in [4.69, 9.17) is 11.6 Å². The van der Waals surface area contributed by atoms with Crippen LogP contribution >= 0.6 is 11.6 Å². The van der Waals surface area contributed by atoms with Gasteiger partial charge in [0.25, 0.3) is 0 Å². The molecule has 0 bridgehead atoms. The average molecular weight is 310 g/mol. The Hall–Kier alpha value is -1.45. The third-order valence-corrected chi connectivity index (χ3v) is 3.81. The molecule has 0 aliphatic rings.